The summed E-state index contributed by atoms with van der Waals surface area (Å²) in [4.78, 5) is 37.6. The number of halogens is 3. The van der Waals surface area contributed by atoms with Crippen LogP contribution in [0.15, 0.2) is 65.1 Å². The summed E-state index contributed by atoms with van der Waals surface area (Å²) in [6, 6.07) is 15.4. The maximum absolute atomic E-state index is 14.4. The van der Waals surface area contributed by atoms with Crippen LogP contribution in [-0.2, 0) is 11.3 Å². The van der Waals surface area contributed by atoms with Gasteiger partial charge in [0.15, 0.2) is 0 Å². The van der Waals surface area contributed by atoms with Gasteiger partial charge in [-0.1, -0.05) is 54.4 Å². The number of hydrogen-bond acceptors (Lipinski definition) is 3. The number of benzene rings is 3. The normalized spacial score (nSPS) is 11.0. The molecule has 0 saturated heterocycles. The third-order valence-electron chi connectivity index (χ3n) is 4.98. The van der Waals surface area contributed by atoms with Crippen molar-refractivity contribution >= 4 is 56.6 Å². The summed E-state index contributed by atoms with van der Waals surface area (Å²) in [7, 11) is 0. The molecule has 3 N–H and O–H groups in total. The number of nitrogens with one attached hydrogen (secondary N) is 3. The fraction of sp³-hybridized carbons (Fsp3) is 0.192. The Hall–Kier alpha value is -3.23. The monoisotopic (exact) mass is 559 g/mol. The molecule has 0 unspecified atom stereocenters. The minimum atomic E-state index is -0.729. The van der Waals surface area contributed by atoms with Gasteiger partial charge < -0.3 is 16.0 Å². The first-order chi connectivity index (χ1) is 16.4. The number of carbonyl (C=O) groups excluding carboxylic acids is 3. The highest BCUT2D eigenvalue weighted by Crippen LogP contribution is 2.22. The third kappa shape index (κ3) is 7.13. The molecule has 3 rings (SSSR count). The Labute approximate surface area is 216 Å². The van der Waals surface area contributed by atoms with Crippen LogP contribution in [0.3, 0.4) is 0 Å². The van der Waals surface area contributed by atoms with Crippen LogP contribution in [0.4, 0.5) is 15.8 Å². The van der Waals surface area contributed by atoms with E-state index in [-0.39, 0.29) is 34.3 Å². The highest BCUT2D eigenvalue weighted by atomic mass is 79.9. The van der Waals surface area contributed by atoms with Crippen LogP contribution < -0.4 is 16.0 Å². The number of amides is 3. The second-order valence-corrected chi connectivity index (χ2v) is 10.2. The summed E-state index contributed by atoms with van der Waals surface area (Å²) < 4.78 is 15.2. The standard InChI is InChI=1S/C26H24BrClFN3O3/c1-26(2,3)25(35)30-14-15-4-10-21(28)19(12-15)23(33)32-18-9-11-22(29)20(13-18)24(34)31-17-7-5-16(27)6-8-17/h4-13H,14H2,1-3H3,(H,30,35)(H,31,34)(H,32,33). The van der Waals surface area contributed by atoms with E-state index in [1.54, 1.807) is 63.2 Å². The fourth-order valence-corrected chi connectivity index (χ4v) is 3.48. The first-order valence-corrected chi connectivity index (χ1v) is 11.9. The summed E-state index contributed by atoms with van der Waals surface area (Å²) in [5.41, 5.74) is 0.811. The Balaban J connectivity index is 1.74. The molecule has 0 aromatic heterocycles. The maximum atomic E-state index is 14.4. The lowest BCUT2D eigenvalue weighted by Crippen LogP contribution is -2.34. The quantitative estimate of drug-likeness (QED) is 0.326. The average Bonchev–Trinajstić information content (AvgIpc) is 2.80. The molecule has 0 aliphatic heterocycles. The molecule has 0 saturated carbocycles. The molecule has 3 aromatic carbocycles. The van der Waals surface area contributed by atoms with Gasteiger partial charge in [-0.2, -0.15) is 0 Å². The highest BCUT2D eigenvalue weighted by Gasteiger charge is 2.21. The molecule has 0 spiro atoms. The van der Waals surface area contributed by atoms with Crippen LogP contribution in [0.1, 0.15) is 47.1 Å². The lowest BCUT2D eigenvalue weighted by molar-refractivity contribution is -0.128. The minimum absolute atomic E-state index is 0.126. The Morgan fingerprint density at radius 3 is 2.11 bits per heavy atom. The number of carbonyl (C=O) groups is 3. The van der Waals surface area contributed by atoms with Gasteiger partial charge in [0.1, 0.15) is 5.82 Å². The fourth-order valence-electron chi connectivity index (χ4n) is 3.01. The Kier molecular flexibility index (Phi) is 8.30. The summed E-state index contributed by atoms with van der Waals surface area (Å²) in [6.45, 7) is 5.64. The summed E-state index contributed by atoms with van der Waals surface area (Å²) in [5.74, 6) is -2.05. The molecule has 9 heteroatoms. The molecule has 0 atom stereocenters. The van der Waals surface area contributed by atoms with Gasteiger partial charge >= 0.3 is 0 Å². The molecule has 0 aliphatic rings. The van der Waals surface area contributed by atoms with Crippen LogP contribution in [0.2, 0.25) is 5.02 Å². The number of hydrogen-bond donors (Lipinski definition) is 3. The van der Waals surface area contributed by atoms with E-state index < -0.39 is 23.0 Å². The summed E-state index contributed by atoms with van der Waals surface area (Å²) >= 11 is 9.54. The van der Waals surface area contributed by atoms with Gasteiger partial charge in [0.25, 0.3) is 11.8 Å². The van der Waals surface area contributed by atoms with Gasteiger partial charge in [-0.3, -0.25) is 14.4 Å². The van der Waals surface area contributed by atoms with Crippen LogP contribution in [0.5, 0.6) is 0 Å². The Morgan fingerprint density at radius 2 is 1.46 bits per heavy atom. The average molecular weight is 561 g/mol. The summed E-state index contributed by atoms with van der Waals surface area (Å²) in [5, 5.41) is 8.30. The van der Waals surface area contributed by atoms with Crippen molar-refractivity contribution in [1.82, 2.24) is 5.32 Å². The third-order valence-corrected chi connectivity index (χ3v) is 5.84. The van der Waals surface area contributed by atoms with E-state index in [4.69, 9.17) is 11.6 Å². The first kappa shape index (κ1) is 26.4. The van der Waals surface area contributed by atoms with E-state index in [2.05, 4.69) is 31.9 Å². The molecule has 0 bridgehead atoms. The van der Waals surface area contributed by atoms with E-state index in [1.807, 2.05) is 0 Å². The number of rotatable bonds is 6. The van der Waals surface area contributed by atoms with Crippen molar-refractivity contribution in [3.63, 3.8) is 0 Å². The van der Waals surface area contributed by atoms with Crippen molar-refractivity contribution in [3.8, 4) is 0 Å². The smallest absolute Gasteiger partial charge is 0.258 e. The van der Waals surface area contributed by atoms with E-state index in [1.165, 1.54) is 12.1 Å². The van der Waals surface area contributed by atoms with Gasteiger partial charge in [0, 0.05) is 27.8 Å². The maximum Gasteiger partial charge on any atom is 0.258 e. The molecule has 35 heavy (non-hydrogen) atoms. The van der Waals surface area contributed by atoms with Crippen molar-refractivity contribution in [3.05, 3.63) is 92.7 Å². The first-order valence-electron chi connectivity index (χ1n) is 10.7. The SMILES string of the molecule is CC(C)(C)C(=O)NCc1ccc(Cl)c(C(=O)Nc2ccc(F)c(C(=O)Nc3ccc(Br)cc3)c2)c1. The Morgan fingerprint density at radius 1 is 0.857 bits per heavy atom. The van der Waals surface area contributed by atoms with E-state index >= 15 is 0 Å². The van der Waals surface area contributed by atoms with Gasteiger partial charge in [-0.25, -0.2) is 4.39 Å². The van der Waals surface area contributed by atoms with Crippen LogP contribution in [0, 0.1) is 11.2 Å². The van der Waals surface area contributed by atoms with Gasteiger partial charge in [0.05, 0.1) is 16.1 Å². The van der Waals surface area contributed by atoms with Crippen LogP contribution in [-0.4, -0.2) is 17.7 Å². The van der Waals surface area contributed by atoms with Crippen molar-refractivity contribution in [2.75, 3.05) is 10.6 Å². The topological polar surface area (TPSA) is 87.3 Å². The molecular formula is C26H24BrClFN3O3. The van der Waals surface area contributed by atoms with Gasteiger partial charge in [0.2, 0.25) is 5.91 Å². The Bertz CT molecular complexity index is 1270. The molecule has 182 valence electrons. The van der Waals surface area contributed by atoms with E-state index in [0.29, 0.717) is 11.3 Å². The van der Waals surface area contributed by atoms with Gasteiger partial charge in [-0.05, 0) is 60.2 Å². The van der Waals surface area contributed by atoms with Crippen molar-refractivity contribution in [1.29, 1.82) is 0 Å². The minimum Gasteiger partial charge on any atom is -0.352 e. The molecule has 3 aromatic rings. The zero-order valence-electron chi connectivity index (χ0n) is 19.3. The second kappa shape index (κ2) is 11.0. The van der Waals surface area contributed by atoms with E-state index in [9.17, 15) is 18.8 Å². The summed E-state index contributed by atoms with van der Waals surface area (Å²) in [6.07, 6.45) is 0. The van der Waals surface area contributed by atoms with Crippen molar-refractivity contribution < 1.29 is 18.8 Å². The molecule has 0 radical (unpaired) electrons. The predicted molar refractivity (Wildman–Crippen MR) is 139 cm³/mol. The molecule has 0 aliphatic carbocycles. The zero-order chi connectivity index (χ0) is 25.8. The highest BCUT2D eigenvalue weighted by molar-refractivity contribution is 9.10. The lowest BCUT2D eigenvalue weighted by atomic mass is 9.95. The molecule has 0 heterocycles. The number of anilines is 2. The largest absolute Gasteiger partial charge is 0.352 e. The molecule has 6 nitrogen and oxygen atoms in total. The van der Waals surface area contributed by atoms with Crippen molar-refractivity contribution in [2.45, 2.75) is 27.3 Å². The second-order valence-electron chi connectivity index (χ2n) is 8.86. The molecule has 3 amide bonds. The predicted octanol–water partition coefficient (Wildman–Crippen LogP) is 6.41. The van der Waals surface area contributed by atoms with Crippen molar-refractivity contribution in [2.24, 2.45) is 5.41 Å². The molecular weight excluding hydrogens is 537 g/mol. The van der Waals surface area contributed by atoms with Crippen LogP contribution >= 0.6 is 27.5 Å². The molecule has 0 fully saturated rings. The van der Waals surface area contributed by atoms with Gasteiger partial charge in [-0.15, -0.1) is 0 Å². The van der Waals surface area contributed by atoms with E-state index in [0.717, 1.165) is 10.5 Å². The van der Waals surface area contributed by atoms with Crippen LogP contribution in [0.25, 0.3) is 0 Å². The lowest BCUT2D eigenvalue weighted by Gasteiger charge is -2.18. The zero-order valence-corrected chi connectivity index (χ0v) is 21.7.